The minimum absolute atomic E-state index is 0.0269. The molecule has 6 heteroatoms. The van der Waals surface area contributed by atoms with E-state index in [1.165, 1.54) is 38.5 Å². The lowest BCUT2D eigenvalue weighted by Crippen LogP contribution is -2.51. The van der Waals surface area contributed by atoms with Crippen molar-refractivity contribution in [2.45, 2.75) is 58.8 Å². The number of imidazole rings is 1. The van der Waals surface area contributed by atoms with Gasteiger partial charge in [0.1, 0.15) is 11.5 Å². The molecule has 3 aliphatic rings. The first kappa shape index (κ1) is 17.6. The number of hydrogen-bond donors (Lipinski definition) is 1. The fourth-order valence-electron chi connectivity index (χ4n) is 4.67. The lowest BCUT2D eigenvalue weighted by molar-refractivity contribution is -0.134. The predicted molar refractivity (Wildman–Crippen MR) is 98.8 cm³/mol. The average Bonchev–Trinajstić information content (AvgIpc) is 3.31. The summed E-state index contributed by atoms with van der Waals surface area (Å²) in [6.45, 7) is 6.22. The molecular formula is C20H30N4O2. The van der Waals surface area contributed by atoms with Gasteiger partial charge in [0.15, 0.2) is 0 Å². The molecule has 6 nitrogen and oxygen atoms in total. The van der Waals surface area contributed by atoms with Crippen LogP contribution in [0.15, 0.2) is 0 Å². The second-order valence-corrected chi connectivity index (χ2v) is 8.62. The molecule has 0 atom stereocenters. The summed E-state index contributed by atoms with van der Waals surface area (Å²) in [5.41, 5.74) is 2.02. The lowest BCUT2D eigenvalue weighted by atomic mass is 9.78. The van der Waals surface area contributed by atoms with E-state index in [0.29, 0.717) is 49.6 Å². The number of piperazine rings is 1. The molecule has 1 N–H and O–H groups in total. The van der Waals surface area contributed by atoms with Crippen LogP contribution in [0.4, 0.5) is 0 Å². The van der Waals surface area contributed by atoms with E-state index in [0.717, 1.165) is 11.5 Å². The summed E-state index contributed by atoms with van der Waals surface area (Å²) in [5.74, 6) is 1.59. The highest BCUT2D eigenvalue weighted by atomic mass is 16.2. The van der Waals surface area contributed by atoms with Crippen LogP contribution in [-0.4, -0.2) is 57.8 Å². The summed E-state index contributed by atoms with van der Waals surface area (Å²) in [6, 6.07) is 0. The highest BCUT2D eigenvalue weighted by Crippen LogP contribution is 2.57. The Kier molecular flexibility index (Phi) is 4.53. The van der Waals surface area contributed by atoms with Crippen molar-refractivity contribution >= 4 is 11.8 Å². The van der Waals surface area contributed by atoms with Crippen LogP contribution in [0.3, 0.4) is 0 Å². The Morgan fingerprint density at radius 3 is 2.19 bits per heavy atom. The molecule has 2 saturated carbocycles. The van der Waals surface area contributed by atoms with Gasteiger partial charge in [-0.3, -0.25) is 9.59 Å². The number of nitrogens with zero attached hydrogens (tertiary/aromatic N) is 3. The monoisotopic (exact) mass is 358 g/mol. The topological polar surface area (TPSA) is 69.3 Å². The molecule has 2 aliphatic carbocycles. The quantitative estimate of drug-likeness (QED) is 0.903. The summed E-state index contributed by atoms with van der Waals surface area (Å²) in [6.07, 6.45) is 8.63. The number of H-pyrrole nitrogens is 1. The molecule has 1 saturated heterocycles. The van der Waals surface area contributed by atoms with Crippen LogP contribution in [0, 0.1) is 25.2 Å². The zero-order chi connectivity index (χ0) is 18.3. The summed E-state index contributed by atoms with van der Waals surface area (Å²) in [5, 5.41) is 0. The van der Waals surface area contributed by atoms with Crippen molar-refractivity contribution in [3.8, 4) is 0 Å². The molecule has 1 aromatic heterocycles. The number of carbonyl (C=O) groups is 2. The highest BCUT2D eigenvalue weighted by Gasteiger charge is 2.45. The molecule has 0 unspecified atom stereocenters. The minimum Gasteiger partial charge on any atom is -0.346 e. The number of hydrogen-bond acceptors (Lipinski definition) is 3. The van der Waals surface area contributed by atoms with Crippen LogP contribution in [0.25, 0.3) is 0 Å². The van der Waals surface area contributed by atoms with Gasteiger partial charge in [-0.2, -0.15) is 0 Å². The van der Waals surface area contributed by atoms with Gasteiger partial charge in [-0.1, -0.05) is 0 Å². The maximum absolute atomic E-state index is 12.7. The van der Waals surface area contributed by atoms with Gasteiger partial charge in [0.25, 0.3) is 5.91 Å². The van der Waals surface area contributed by atoms with Gasteiger partial charge < -0.3 is 14.8 Å². The summed E-state index contributed by atoms with van der Waals surface area (Å²) >= 11 is 0. The lowest BCUT2D eigenvalue weighted by Gasteiger charge is -2.36. The van der Waals surface area contributed by atoms with Crippen LogP contribution in [0.5, 0.6) is 0 Å². The van der Waals surface area contributed by atoms with Gasteiger partial charge in [0.2, 0.25) is 5.91 Å². The summed E-state index contributed by atoms with van der Waals surface area (Å²) in [4.78, 5) is 36.5. The molecule has 0 bridgehead atoms. The molecule has 3 fully saturated rings. The Labute approximate surface area is 155 Å². The van der Waals surface area contributed by atoms with E-state index >= 15 is 0 Å². The van der Waals surface area contributed by atoms with E-state index in [1.807, 2.05) is 23.6 Å². The normalized spacial score (nSPS) is 22.7. The van der Waals surface area contributed by atoms with Crippen LogP contribution < -0.4 is 0 Å². The number of carbonyl (C=O) groups excluding carboxylic acids is 2. The van der Waals surface area contributed by atoms with Gasteiger partial charge in [-0.15, -0.1) is 0 Å². The third-order valence-electron chi connectivity index (χ3n) is 6.71. The van der Waals surface area contributed by atoms with Crippen molar-refractivity contribution in [3.05, 3.63) is 17.2 Å². The molecular weight excluding hydrogens is 328 g/mol. The molecule has 142 valence electrons. The van der Waals surface area contributed by atoms with Crippen LogP contribution in [0.1, 0.15) is 67.0 Å². The van der Waals surface area contributed by atoms with Crippen LogP contribution in [-0.2, 0) is 4.79 Å². The zero-order valence-electron chi connectivity index (χ0n) is 16.0. The molecule has 1 spiro atoms. The van der Waals surface area contributed by atoms with E-state index in [9.17, 15) is 9.59 Å². The first-order valence-corrected chi connectivity index (χ1v) is 10.1. The van der Waals surface area contributed by atoms with E-state index in [4.69, 9.17) is 0 Å². The van der Waals surface area contributed by atoms with Gasteiger partial charge in [-0.05, 0) is 63.7 Å². The van der Waals surface area contributed by atoms with Crippen molar-refractivity contribution in [1.29, 1.82) is 0 Å². The van der Waals surface area contributed by atoms with Crippen molar-refractivity contribution < 1.29 is 9.59 Å². The van der Waals surface area contributed by atoms with Crippen LogP contribution >= 0.6 is 0 Å². The van der Waals surface area contributed by atoms with E-state index in [-0.39, 0.29) is 11.8 Å². The molecule has 2 heterocycles. The Balaban J connectivity index is 1.26. The Bertz CT molecular complexity index is 689. The number of amides is 2. The smallest absolute Gasteiger partial charge is 0.274 e. The predicted octanol–water partition coefficient (Wildman–Crippen LogP) is 2.67. The number of aromatic amines is 1. The second-order valence-electron chi connectivity index (χ2n) is 8.62. The minimum atomic E-state index is -0.0269. The third-order valence-corrected chi connectivity index (χ3v) is 6.71. The molecule has 0 radical (unpaired) electrons. The molecule has 26 heavy (non-hydrogen) atoms. The molecule has 0 aromatic carbocycles. The van der Waals surface area contributed by atoms with Gasteiger partial charge in [0.05, 0.1) is 0 Å². The van der Waals surface area contributed by atoms with Crippen molar-refractivity contribution in [1.82, 2.24) is 19.8 Å². The standard InChI is InChI=1S/C20H30N4O2/c1-14-18(22-15(2)21-14)19(26)24-11-9-23(10-12-24)17(25)13-16-3-5-20(6-4-16)7-8-20/h16H,3-13H2,1-2H3,(H,21,22). The van der Waals surface area contributed by atoms with Crippen molar-refractivity contribution in [2.24, 2.45) is 11.3 Å². The second kappa shape index (κ2) is 6.71. The van der Waals surface area contributed by atoms with E-state index < -0.39 is 0 Å². The number of aryl methyl sites for hydroxylation is 2. The Morgan fingerprint density at radius 1 is 1.04 bits per heavy atom. The van der Waals surface area contributed by atoms with Crippen molar-refractivity contribution in [2.75, 3.05) is 26.2 Å². The fraction of sp³-hybridized carbons (Fsp3) is 0.750. The highest BCUT2D eigenvalue weighted by molar-refractivity contribution is 5.93. The first-order chi connectivity index (χ1) is 12.5. The van der Waals surface area contributed by atoms with E-state index in [1.54, 1.807) is 0 Å². The number of aromatic nitrogens is 2. The fourth-order valence-corrected chi connectivity index (χ4v) is 4.67. The maximum atomic E-state index is 12.7. The Morgan fingerprint density at radius 2 is 1.65 bits per heavy atom. The van der Waals surface area contributed by atoms with Crippen LogP contribution in [0.2, 0.25) is 0 Å². The Hall–Kier alpha value is -1.85. The van der Waals surface area contributed by atoms with Gasteiger partial charge >= 0.3 is 0 Å². The largest absolute Gasteiger partial charge is 0.346 e. The average molecular weight is 358 g/mol. The van der Waals surface area contributed by atoms with E-state index in [2.05, 4.69) is 9.97 Å². The molecule has 4 rings (SSSR count). The molecule has 1 aromatic rings. The first-order valence-electron chi connectivity index (χ1n) is 10.1. The van der Waals surface area contributed by atoms with Crippen molar-refractivity contribution in [3.63, 3.8) is 0 Å². The molecule has 2 amide bonds. The third kappa shape index (κ3) is 3.51. The molecule has 1 aliphatic heterocycles. The maximum Gasteiger partial charge on any atom is 0.274 e. The SMILES string of the molecule is Cc1nc(C(=O)N2CCN(C(=O)CC3CCC4(CC3)CC4)CC2)c(C)[nH]1. The van der Waals surface area contributed by atoms with Gasteiger partial charge in [0, 0.05) is 38.3 Å². The zero-order valence-corrected chi connectivity index (χ0v) is 16.0. The van der Waals surface area contributed by atoms with Gasteiger partial charge in [-0.25, -0.2) is 4.98 Å². The number of nitrogens with one attached hydrogen (secondary N) is 1. The summed E-state index contributed by atoms with van der Waals surface area (Å²) < 4.78 is 0. The number of rotatable bonds is 3. The summed E-state index contributed by atoms with van der Waals surface area (Å²) in [7, 11) is 0.